The molecule has 2 rings (SSSR count). The van der Waals surface area contributed by atoms with Crippen molar-refractivity contribution >= 4 is 45.8 Å². The maximum atomic E-state index is 12.1. The first-order valence-electron chi connectivity index (χ1n) is 5.51. The second-order valence-corrected chi connectivity index (χ2v) is 5.35. The van der Waals surface area contributed by atoms with Crippen molar-refractivity contribution in [3.8, 4) is 5.75 Å². The lowest BCUT2D eigenvalue weighted by Crippen LogP contribution is -2.12. The van der Waals surface area contributed by atoms with Gasteiger partial charge in [0.2, 0.25) is 0 Å². The van der Waals surface area contributed by atoms with Gasteiger partial charge in [-0.25, -0.2) is 0 Å². The molecule has 0 aliphatic rings. The molecule has 0 radical (unpaired) electrons. The molecule has 0 aromatic heterocycles. The molecule has 3 nitrogen and oxygen atoms in total. The van der Waals surface area contributed by atoms with Gasteiger partial charge in [-0.05, 0) is 52.9 Å². The van der Waals surface area contributed by atoms with Crippen LogP contribution in [0.4, 0.5) is 5.69 Å². The van der Waals surface area contributed by atoms with Crippen molar-refractivity contribution in [1.82, 2.24) is 0 Å². The number of halogens is 2. The van der Waals surface area contributed by atoms with Gasteiger partial charge in [-0.15, -0.1) is 0 Å². The lowest BCUT2D eigenvalue weighted by Gasteiger charge is -2.08. The summed E-state index contributed by atoms with van der Waals surface area (Å²) in [5.41, 5.74) is 1.16. The summed E-state index contributed by atoms with van der Waals surface area (Å²) >= 11 is 8.12. The highest BCUT2D eigenvalue weighted by Crippen LogP contribution is 2.24. The predicted octanol–water partition coefficient (Wildman–Crippen LogP) is 4.21. The summed E-state index contributed by atoms with van der Waals surface area (Å²) in [6, 6.07) is 12.4. The third-order valence-electron chi connectivity index (χ3n) is 2.54. The van der Waals surface area contributed by atoms with E-state index in [1.807, 2.05) is 12.1 Å². The minimum absolute atomic E-state index is 0.200. The number of nitrogens with one attached hydrogen (secondary N) is 1. The fourth-order valence-electron chi connectivity index (χ4n) is 1.56. The van der Waals surface area contributed by atoms with E-state index in [0.29, 0.717) is 16.3 Å². The SMILES string of the molecule is COc1ccc(C(=O)Nc2ccccc2Cl)cc1I. The van der Waals surface area contributed by atoms with Crippen LogP contribution in [-0.4, -0.2) is 13.0 Å². The average molecular weight is 388 g/mol. The molecule has 1 amide bonds. The fourth-order valence-corrected chi connectivity index (χ4v) is 2.48. The van der Waals surface area contributed by atoms with E-state index in [4.69, 9.17) is 16.3 Å². The Kier molecular flexibility index (Phi) is 4.66. The van der Waals surface area contributed by atoms with E-state index in [2.05, 4.69) is 27.9 Å². The molecule has 5 heteroatoms. The molecule has 2 aromatic rings. The topological polar surface area (TPSA) is 38.3 Å². The summed E-state index contributed by atoms with van der Waals surface area (Å²) in [6.45, 7) is 0. The van der Waals surface area contributed by atoms with Gasteiger partial charge in [-0.2, -0.15) is 0 Å². The number of methoxy groups -OCH3 is 1. The maximum absolute atomic E-state index is 12.1. The molecule has 0 heterocycles. The molecule has 0 saturated heterocycles. The molecule has 2 aromatic carbocycles. The zero-order chi connectivity index (χ0) is 13.8. The zero-order valence-electron chi connectivity index (χ0n) is 10.1. The normalized spacial score (nSPS) is 10.1. The van der Waals surface area contributed by atoms with Crippen LogP contribution in [0.3, 0.4) is 0 Å². The maximum Gasteiger partial charge on any atom is 0.255 e. The van der Waals surface area contributed by atoms with E-state index in [1.54, 1.807) is 37.4 Å². The van der Waals surface area contributed by atoms with E-state index >= 15 is 0 Å². The first-order chi connectivity index (χ1) is 9.11. The Hall–Kier alpha value is -1.27. The number of ether oxygens (including phenoxy) is 1. The van der Waals surface area contributed by atoms with E-state index in [0.717, 1.165) is 9.32 Å². The molecular weight excluding hydrogens is 377 g/mol. The van der Waals surface area contributed by atoms with E-state index in [-0.39, 0.29) is 5.91 Å². The lowest BCUT2D eigenvalue weighted by molar-refractivity contribution is 0.102. The van der Waals surface area contributed by atoms with Crippen molar-refractivity contribution in [1.29, 1.82) is 0 Å². The molecule has 0 unspecified atom stereocenters. The van der Waals surface area contributed by atoms with Gasteiger partial charge in [-0.1, -0.05) is 23.7 Å². The second kappa shape index (κ2) is 6.25. The number of carbonyl (C=O) groups is 1. The Balaban J connectivity index is 2.21. The Labute approximate surface area is 130 Å². The molecule has 0 spiro atoms. The number of amides is 1. The lowest BCUT2D eigenvalue weighted by atomic mass is 10.2. The smallest absolute Gasteiger partial charge is 0.255 e. The van der Waals surface area contributed by atoms with Crippen molar-refractivity contribution in [3.05, 3.63) is 56.6 Å². The van der Waals surface area contributed by atoms with Gasteiger partial charge in [0, 0.05) is 5.56 Å². The van der Waals surface area contributed by atoms with Crippen molar-refractivity contribution in [3.63, 3.8) is 0 Å². The highest BCUT2D eigenvalue weighted by atomic mass is 127. The van der Waals surface area contributed by atoms with Crippen LogP contribution in [0.25, 0.3) is 0 Å². The minimum Gasteiger partial charge on any atom is -0.496 e. The number of rotatable bonds is 3. The summed E-state index contributed by atoms with van der Waals surface area (Å²) in [7, 11) is 1.60. The molecule has 98 valence electrons. The quantitative estimate of drug-likeness (QED) is 0.802. The monoisotopic (exact) mass is 387 g/mol. The van der Waals surface area contributed by atoms with Crippen LogP contribution in [-0.2, 0) is 0 Å². The third kappa shape index (κ3) is 3.39. The number of para-hydroxylation sites is 1. The van der Waals surface area contributed by atoms with Crippen LogP contribution in [0, 0.1) is 3.57 Å². The van der Waals surface area contributed by atoms with Crippen molar-refractivity contribution in [2.75, 3.05) is 12.4 Å². The Morgan fingerprint density at radius 3 is 2.63 bits per heavy atom. The summed E-state index contributed by atoms with van der Waals surface area (Å²) in [5.74, 6) is 0.545. The first kappa shape index (κ1) is 14.1. The Morgan fingerprint density at radius 2 is 2.00 bits per heavy atom. The fraction of sp³-hybridized carbons (Fsp3) is 0.0714. The van der Waals surface area contributed by atoms with Crippen LogP contribution in [0.5, 0.6) is 5.75 Å². The van der Waals surface area contributed by atoms with Gasteiger partial charge in [0.25, 0.3) is 5.91 Å². The second-order valence-electron chi connectivity index (χ2n) is 3.78. The minimum atomic E-state index is -0.200. The van der Waals surface area contributed by atoms with Gasteiger partial charge < -0.3 is 10.1 Å². The van der Waals surface area contributed by atoms with E-state index in [1.165, 1.54) is 0 Å². The largest absolute Gasteiger partial charge is 0.496 e. The van der Waals surface area contributed by atoms with Crippen molar-refractivity contribution in [2.24, 2.45) is 0 Å². The molecule has 0 aliphatic carbocycles. The summed E-state index contributed by atoms with van der Waals surface area (Å²) in [6.07, 6.45) is 0. The Morgan fingerprint density at radius 1 is 1.26 bits per heavy atom. The van der Waals surface area contributed by atoms with Crippen LogP contribution >= 0.6 is 34.2 Å². The number of benzene rings is 2. The van der Waals surface area contributed by atoms with Crippen LogP contribution in [0.15, 0.2) is 42.5 Å². The molecule has 0 atom stereocenters. The van der Waals surface area contributed by atoms with Crippen LogP contribution < -0.4 is 10.1 Å². The number of anilines is 1. The highest BCUT2D eigenvalue weighted by molar-refractivity contribution is 14.1. The van der Waals surface area contributed by atoms with Crippen LogP contribution in [0.2, 0.25) is 5.02 Å². The molecule has 0 aliphatic heterocycles. The van der Waals surface area contributed by atoms with Gasteiger partial charge in [0.1, 0.15) is 5.75 Å². The Bertz CT molecular complexity index is 616. The van der Waals surface area contributed by atoms with Gasteiger partial charge in [-0.3, -0.25) is 4.79 Å². The predicted molar refractivity (Wildman–Crippen MR) is 85.1 cm³/mol. The summed E-state index contributed by atoms with van der Waals surface area (Å²) in [4.78, 5) is 12.1. The third-order valence-corrected chi connectivity index (χ3v) is 3.71. The van der Waals surface area contributed by atoms with Crippen LogP contribution in [0.1, 0.15) is 10.4 Å². The summed E-state index contributed by atoms with van der Waals surface area (Å²) < 4.78 is 6.04. The number of carbonyl (C=O) groups excluding carboxylic acids is 1. The van der Waals surface area contributed by atoms with Crippen molar-refractivity contribution < 1.29 is 9.53 Å². The van der Waals surface area contributed by atoms with E-state index < -0.39 is 0 Å². The van der Waals surface area contributed by atoms with E-state index in [9.17, 15) is 4.79 Å². The number of hydrogen-bond donors (Lipinski definition) is 1. The zero-order valence-corrected chi connectivity index (χ0v) is 13.0. The average Bonchev–Trinajstić information content (AvgIpc) is 2.41. The van der Waals surface area contributed by atoms with Crippen molar-refractivity contribution in [2.45, 2.75) is 0 Å². The summed E-state index contributed by atoms with van der Waals surface area (Å²) in [5, 5.41) is 3.29. The van der Waals surface area contributed by atoms with Gasteiger partial charge >= 0.3 is 0 Å². The van der Waals surface area contributed by atoms with Gasteiger partial charge in [0.15, 0.2) is 0 Å². The standard InChI is InChI=1S/C14H11ClINO2/c1-19-13-7-6-9(8-11(13)16)14(18)17-12-5-3-2-4-10(12)15/h2-8H,1H3,(H,17,18). The molecule has 0 bridgehead atoms. The highest BCUT2D eigenvalue weighted by Gasteiger charge is 2.10. The number of hydrogen-bond acceptors (Lipinski definition) is 2. The molecular formula is C14H11ClINO2. The first-order valence-corrected chi connectivity index (χ1v) is 6.97. The molecule has 1 N–H and O–H groups in total. The van der Waals surface area contributed by atoms with Gasteiger partial charge in [0.05, 0.1) is 21.4 Å². The molecule has 0 fully saturated rings. The molecule has 19 heavy (non-hydrogen) atoms. The molecule has 0 saturated carbocycles.